The largest absolute Gasteiger partial charge is 0.368 e. The molecule has 0 unspecified atom stereocenters. The van der Waals surface area contributed by atoms with Crippen LogP contribution in [0.2, 0.25) is 5.02 Å². The lowest BCUT2D eigenvalue weighted by atomic mass is 10.2. The summed E-state index contributed by atoms with van der Waals surface area (Å²) in [7, 11) is -2.70. The lowest BCUT2D eigenvalue weighted by Gasteiger charge is -2.36. The summed E-state index contributed by atoms with van der Waals surface area (Å²) in [6.45, 7) is 1.65. The second kappa shape index (κ2) is 10.3. The van der Waals surface area contributed by atoms with Gasteiger partial charge in [0.2, 0.25) is 21.8 Å². The minimum Gasteiger partial charge on any atom is -0.368 e. The normalized spacial score (nSPS) is 14.5. The summed E-state index contributed by atoms with van der Waals surface area (Å²) in [5.74, 6) is -1.40. The molecule has 1 saturated heterocycles. The topological polar surface area (TPSA) is 90.0 Å². The van der Waals surface area contributed by atoms with Crippen molar-refractivity contribution in [2.24, 2.45) is 0 Å². The molecule has 11 heteroatoms. The number of rotatable bonds is 7. The van der Waals surface area contributed by atoms with Crippen LogP contribution in [0.3, 0.4) is 0 Å². The maximum absolute atomic E-state index is 13.0. The van der Waals surface area contributed by atoms with Crippen LogP contribution in [0.4, 0.5) is 10.1 Å². The summed E-state index contributed by atoms with van der Waals surface area (Å²) in [6.07, 6.45) is 0. The quantitative estimate of drug-likeness (QED) is 0.647. The van der Waals surface area contributed by atoms with Gasteiger partial charge in [0.1, 0.15) is 5.82 Å². The number of likely N-dealkylation sites (N-methyl/N-ethyl adjacent to an activating group) is 1. The standard InChI is InChI=1S/C21H24ClFN4O4S/c1-25(32(30,31)19-8-4-17(23)5-9-19)15-20(28)24-14-21(29)27-12-10-26(11-13-27)18-6-2-16(22)3-7-18/h2-9H,10-15H2,1H3,(H,24,28). The Labute approximate surface area is 191 Å². The van der Waals surface area contributed by atoms with Gasteiger partial charge in [-0.05, 0) is 48.5 Å². The number of carbonyl (C=O) groups is 2. The molecule has 0 aliphatic carbocycles. The second-order valence-electron chi connectivity index (χ2n) is 7.34. The van der Waals surface area contributed by atoms with Gasteiger partial charge < -0.3 is 15.1 Å². The van der Waals surface area contributed by atoms with Crippen molar-refractivity contribution in [3.8, 4) is 0 Å². The lowest BCUT2D eigenvalue weighted by Crippen LogP contribution is -2.51. The molecule has 2 amide bonds. The highest BCUT2D eigenvalue weighted by atomic mass is 35.5. The Balaban J connectivity index is 1.45. The molecule has 8 nitrogen and oxygen atoms in total. The number of amides is 2. The number of nitrogens with one attached hydrogen (secondary N) is 1. The molecule has 1 N–H and O–H groups in total. The summed E-state index contributed by atoms with van der Waals surface area (Å²) >= 11 is 5.91. The number of anilines is 1. The average molecular weight is 483 g/mol. The summed E-state index contributed by atoms with van der Waals surface area (Å²) in [5, 5.41) is 3.13. The smallest absolute Gasteiger partial charge is 0.243 e. The number of carbonyl (C=O) groups excluding carboxylic acids is 2. The molecular weight excluding hydrogens is 459 g/mol. The Morgan fingerprint density at radius 2 is 1.62 bits per heavy atom. The van der Waals surface area contributed by atoms with Crippen molar-refractivity contribution in [3.05, 3.63) is 59.4 Å². The van der Waals surface area contributed by atoms with Gasteiger partial charge in [0.15, 0.2) is 0 Å². The third-order valence-corrected chi connectivity index (χ3v) is 7.22. The lowest BCUT2D eigenvalue weighted by molar-refractivity contribution is -0.133. The molecule has 0 saturated carbocycles. The summed E-state index contributed by atoms with van der Waals surface area (Å²) < 4.78 is 38.8. The molecule has 2 aromatic rings. The highest BCUT2D eigenvalue weighted by Gasteiger charge is 2.25. The first-order valence-corrected chi connectivity index (χ1v) is 11.8. The molecule has 0 spiro atoms. The fourth-order valence-corrected chi connectivity index (χ4v) is 4.53. The van der Waals surface area contributed by atoms with E-state index in [1.807, 2.05) is 24.3 Å². The van der Waals surface area contributed by atoms with Gasteiger partial charge in [-0.3, -0.25) is 9.59 Å². The Morgan fingerprint density at radius 3 is 2.22 bits per heavy atom. The van der Waals surface area contributed by atoms with E-state index in [9.17, 15) is 22.4 Å². The van der Waals surface area contributed by atoms with E-state index in [1.165, 1.54) is 7.05 Å². The number of piperazine rings is 1. The van der Waals surface area contributed by atoms with Crippen LogP contribution in [0, 0.1) is 5.82 Å². The minimum absolute atomic E-state index is 0.121. The zero-order valence-electron chi connectivity index (χ0n) is 17.5. The fourth-order valence-electron chi connectivity index (χ4n) is 3.28. The summed E-state index contributed by atoms with van der Waals surface area (Å²) in [6, 6.07) is 11.8. The Morgan fingerprint density at radius 1 is 1.03 bits per heavy atom. The molecule has 0 radical (unpaired) electrons. The van der Waals surface area contributed by atoms with Crippen LogP contribution in [0.1, 0.15) is 0 Å². The van der Waals surface area contributed by atoms with Gasteiger partial charge in [-0.25, -0.2) is 12.8 Å². The highest BCUT2D eigenvalue weighted by Crippen LogP contribution is 2.19. The van der Waals surface area contributed by atoms with Crippen LogP contribution in [-0.4, -0.2) is 75.8 Å². The van der Waals surface area contributed by atoms with E-state index in [2.05, 4.69) is 10.2 Å². The maximum atomic E-state index is 13.0. The molecule has 32 heavy (non-hydrogen) atoms. The van der Waals surface area contributed by atoms with Gasteiger partial charge >= 0.3 is 0 Å². The molecule has 0 bridgehead atoms. The highest BCUT2D eigenvalue weighted by molar-refractivity contribution is 7.89. The zero-order valence-corrected chi connectivity index (χ0v) is 19.1. The van der Waals surface area contributed by atoms with Crippen LogP contribution in [0.5, 0.6) is 0 Å². The van der Waals surface area contributed by atoms with Crippen LogP contribution in [0.25, 0.3) is 0 Å². The van der Waals surface area contributed by atoms with Crippen molar-refractivity contribution in [2.45, 2.75) is 4.90 Å². The minimum atomic E-state index is -3.95. The predicted molar refractivity (Wildman–Crippen MR) is 119 cm³/mol. The number of benzene rings is 2. The number of sulfonamides is 1. The van der Waals surface area contributed by atoms with Crippen molar-refractivity contribution in [1.82, 2.24) is 14.5 Å². The first-order valence-electron chi connectivity index (χ1n) is 9.94. The van der Waals surface area contributed by atoms with Gasteiger partial charge in [-0.2, -0.15) is 4.31 Å². The number of hydrogen-bond donors (Lipinski definition) is 1. The third-order valence-electron chi connectivity index (χ3n) is 5.15. The van der Waals surface area contributed by atoms with Crippen molar-refractivity contribution < 1.29 is 22.4 Å². The first kappa shape index (κ1) is 24.0. The molecule has 1 fully saturated rings. The van der Waals surface area contributed by atoms with Gasteiger partial charge in [-0.1, -0.05) is 11.6 Å². The fraction of sp³-hybridized carbons (Fsp3) is 0.333. The van der Waals surface area contributed by atoms with E-state index < -0.39 is 28.3 Å². The zero-order chi connectivity index (χ0) is 23.3. The van der Waals surface area contributed by atoms with E-state index in [0.29, 0.717) is 31.2 Å². The van der Waals surface area contributed by atoms with Crippen molar-refractivity contribution >= 4 is 39.1 Å². The van der Waals surface area contributed by atoms with Crippen molar-refractivity contribution in [1.29, 1.82) is 0 Å². The molecule has 1 aliphatic rings. The van der Waals surface area contributed by atoms with Gasteiger partial charge in [0.25, 0.3) is 0 Å². The Kier molecular flexibility index (Phi) is 7.70. The Hall–Kier alpha value is -2.69. The number of nitrogens with zero attached hydrogens (tertiary/aromatic N) is 3. The molecule has 0 atom stereocenters. The van der Waals surface area contributed by atoms with E-state index in [0.717, 1.165) is 34.3 Å². The summed E-state index contributed by atoms with van der Waals surface area (Å²) in [5.41, 5.74) is 1.03. The molecule has 1 aliphatic heterocycles. The second-order valence-corrected chi connectivity index (χ2v) is 9.82. The molecular formula is C21H24ClFN4O4S. The van der Waals surface area contributed by atoms with Crippen LogP contribution in [0.15, 0.2) is 53.4 Å². The number of hydrogen-bond acceptors (Lipinski definition) is 5. The molecule has 1 heterocycles. The van der Waals surface area contributed by atoms with E-state index in [4.69, 9.17) is 11.6 Å². The van der Waals surface area contributed by atoms with Crippen LogP contribution in [-0.2, 0) is 19.6 Å². The summed E-state index contributed by atoms with van der Waals surface area (Å²) in [4.78, 5) is 28.3. The SMILES string of the molecule is CN(CC(=O)NCC(=O)N1CCN(c2ccc(Cl)cc2)CC1)S(=O)(=O)c1ccc(F)cc1. The van der Waals surface area contributed by atoms with Crippen molar-refractivity contribution in [2.75, 3.05) is 51.2 Å². The molecule has 0 aromatic heterocycles. The molecule has 172 valence electrons. The Bertz CT molecular complexity index is 1060. The molecule has 2 aromatic carbocycles. The van der Waals surface area contributed by atoms with Gasteiger partial charge in [-0.15, -0.1) is 0 Å². The van der Waals surface area contributed by atoms with E-state index in [1.54, 1.807) is 4.90 Å². The van der Waals surface area contributed by atoms with Crippen LogP contribution >= 0.6 is 11.6 Å². The van der Waals surface area contributed by atoms with Crippen molar-refractivity contribution in [3.63, 3.8) is 0 Å². The maximum Gasteiger partial charge on any atom is 0.243 e. The van der Waals surface area contributed by atoms with Gasteiger partial charge in [0.05, 0.1) is 18.0 Å². The van der Waals surface area contributed by atoms with Gasteiger partial charge in [0, 0.05) is 43.9 Å². The third kappa shape index (κ3) is 5.96. The van der Waals surface area contributed by atoms with E-state index in [-0.39, 0.29) is 17.3 Å². The molecule has 3 rings (SSSR count). The van der Waals surface area contributed by atoms with E-state index >= 15 is 0 Å². The number of halogens is 2. The average Bonchev–Trinajstić information content (AvgIpc) is 2.78. The first-order chi connectivity index (χ1) is 15.2. The monoisotopic (exact) mass is 482 g/mol. The van der Waals surface area contributed by atoms with Crippen LogP contribution < -0.4 is 10.2 Å². The predicted octanol–water partition coefficient (Wildman–Crippen LogP) is 1.56.